The molecular formula is C8H13BNP. The van der Waals surface area contributed by atoms with Crippen molar-refractivity contribution in [2.24, 2.45) is 4.99 Å². The lowest BCUT2D eigenvalue weighted by molar-refractivity contribution is 1.03. The maximum atomic E-state index is 5.59. The van der Waals surface area contributed by atoms with Crippen LogP contribution in [0.3, 0.4) is 0 Å². The van der Waals surface area contributed by atoms with Crippen LogP contribution in [0.15, 0.2) is 16.7 Å². The van der Waals surface area contributed by atoms with Gasteiger partial charge in [0.25, 0.3) is 0 Å². The molecule has 0 aromatic rings. The molecule has 1 rings (SSSR count). The predicted octanol–water partition coefficient (Wildman–Crippen LogP) is 1.97. The first-order chi connectivity index (χ1) is 5.18. The second-order valence-electron chi connectivity index (χ2n) is 3.14. The Morgan fingerprint density at radius 1 is 1.55 bits per heavy atom. The van der Waals surface area contributed by atoms with Crippen molar-refractivity contribution in [2.75, 3.05) is 19.5 Å². The van der Waals surface area contributed by atoms with Gasteiger partial charge in [-0.15, -0.1) is 7.92 Å². The number of nitrogens with zero attached hydrogens (tertiary/aromatic N) is 1. The Labute approximate surface area is 71.1 Å². The summed E-state index contributed by atoms with van der Waals surface area (Å²) in [4.78, 5) is 4.30. The number of allylic oxidation sites excluding steroid dienone is 1. The minimum absolute atomic E-state index is 0.162. The summed E-state index contributed by atoms with van der Waals surface area (Å²) in [7, 11) is 5.75. The molecule has 0 fully saturated rings. The van der Waals surface area contributed by atoms with E-state index in [1.807, 2.05) is 0 Å². The molecule has 2 radical (unpaired) electrons. The zero-order valence-corrected chi connectivity index (χ0v) is 8.06. The van der Waals surface area contributed by atoms with Crippen molar-refractivity contribution >= 4 is 21.5 Å². The zero-order valence-electron chi connectivity index (χ0n) is 7.17. The Balaban J connectivity index is 2.48. The summed E-state index contributed by atoms with van der Waals surface area (Å²) in [6.45, 7) is 4.55. The second kappa shape index (κ2) is 4.06. The quantitative estimate of drug-likeness (QED) is 0.438. The Morgan fingerprint density at radius 3 is 2.73 bits per heavy atom. The molecule has 1 aliphatic rings. The Kier molecular flexibility index (Phi) is 3.32. The average molecular weight is 165 g/mol. The summed E-state index contributed by atoms with van der Waals surface area (Å²) < 4.78 is 0. The first kappa shape index (κ1) is 9.00. The Bertz CT molecular complexity index is 196. The molecule has 1 nitrogen and oxygen atoms in total. The third-order valence-corrected chi connectivity index (χ3v) is 2.61. The second-order valence-corrected chi connectivity index (χ2v) is 5.61. The Hall–Kier alpha value is -0.0951. The van der Waals surface area contributed by atoms with Gasteiger partial charge in [0.1, 0.15) is 7.85 Å². The number of aliphatic imine (C=N–C) groups is 1. The third-order valence-electron chi connectivity index (χ3n) is 1.61. The fourth-order valence-corrected chi connectivity index (χ4v) is 2.05. The lowest BCUT2D eigenvalue weighted by Crippen LogP contribution is -2.07. The first-order valence-electron chi connectivity index (χ1n) is 3.83. The summed E-state index contributed by atoms with van der Waals surface area (Å²) in [5.74, 6) is 0. The van der Waals surface area contributed by atoms with Gasteiger partial charge < -0.3 is 0 Å². The summed E-state index contributed by atoms with van der Waals surface area (Å²) in [5.41, 5.74) is 2.25. The van der Waals surface area contributed by atoms with Crippen molar-refractivity contribution in [2.45, 2.75) is 12.8 Å². The topological polar surface area (TPSA) is 12.4 Å². The van der Waals surface area contributed by atoms with E-state index in [9.17, 15) is 0 Å². The van der Waals surface area contributed by atoms with Gasteiger partial charge in [0.15, 0.2) is 0 Å². The van der Waals surface area contributed by atoms with Crippen molar-refractivity contribution in [1.82, 2.24) is 0 Å². The largest absolute Gasteiger partial charge is 0.266 e. The van der Waals surface area contributed by atoms with Gasteiger partial charge in [-0.05, 0) is 26.2 Å². The van der Waals surface area contributed by atoms with Gasteiger partial charge >= 0.3 is 0 Å². The SMILES string of the molecule is [B]C1=CN=C(CP(C)C)CC1. The van der Waals surface area contributed by atoms with E-state index in [0.29, 0.717) is 0 Å². The predicted molar refractivity (Wildman–Crippen MR) is 54.1 cm³/mol. The standard InChI is InChI=1S/C8H13BNP/c1-11(2)6-8-4-3-7(9)5-10-8/h5H,3-4,6H2,1-2H3. The summed E-state index contributed by atoms with van der Waals surface area (Å²) in [6, 6.07) is 0. The van der Waals surface area contributed by atoms with E-state index < -0.39 is 0 Å². The van der Waals surface area contributed by atoms with Gasteiger partial charge in [-0.25, -0.2) is 0 Å². The molecule has 0 spiro atoms. The maximum absolute atomic E-state index is 5.59. The van der Waals surface area contributed by atoms with Crippen LogP contribution in [0.4, 0.5) is 0 Å². The third kappa shape index (κ3) is 3.20. The van der Waals surface area contributed by atoms with E-state index in [-0.39, 0.29) is 7.92 Å². The van der Waals surface area contributed by atoms with Gasteiger partial charge in [-0.2, -0.15) is 0 Å². The van der Waals surface area contributed by atoms with Crippen LogP contribution in [-0.2, 0) is 0 Å². The molecule has 0 saturated heterocycles. The van der Waals surface area contributed by atoms with Crippen molar-refractivity contribution in [1.29, 1.82) is 0 Å². The zero-order chi connectivity index (χ0) is 8.27. The molecule has 0 aromatic carbocycles. The van der Waals surface area contributed by atoms with Gasteiger partial charge in [0.2, 0.25) is 0 Å². The van der Waals surface area contributed by atoms with Crippen molar-refractivity contribution < 1.29 is 0 Å². The maximum Gasteiger partial charge on any atom is 0.109 e. The molecule has 58 valence electrons. The van der Waals surface area contributed by atoms with E-state index in [2.05, 4.69) is 18.3 Å². The molecule has 0 saturated carbocycles. The normalized spacial score (nSPS) is 18.1. The minimum atomic E-state index is 0.162. The van der Waals surface area contributed by atoms with Crippen molar-refractivity contribution in [3.8, 4) is 0 Å². The van der Waals surface area contributed by atoms with E-state index in [0.717, 1.165) is 18.3 Å². The smallest absolute Gasteiger partial charge is 0.109 e. The molecule has 0 amide bonds. The van der Waals surface area contributed by atoms with Crippen molar-refractivity contribution in [3.63, 3.8) is 0 Å². The van der Waals surface area contributed by atoms with Gasteiger partial charge in [0, 0.05) is 18.1 Å². The van der Waals surface area contributed by atoms with Crippen LogP contribution in [-0.4, -0.2) is 33.0 Å². The highest BCUT2D eigenvalue weighted by atomic mass is 31.1. The van der Waals surface area contributed by atoms with E-state index in [1.54, 1.807) is 6.20 Å². The molecule has 0 aliphatic carbocycles. The number of hydrogen-bond donors (Lipinski definition) is 0. The molecule has 3 heteroatoms. The lowest BCUT2D eigenvalue weighted by Gasteiger charge is -2.12. The van der Waals surface area contributed by atoms with Crippen LogP contribution in [0.5, 0.6) is 0 Å². The first-order valence-corrected chi connectivity index (χ1v) is 6.25. The van der Waals surface area contributed by atoms with Gasteiger partial charge in [0.05, 0.1) is 0 Å². The molecule has 0 aromatic heterocycles. The minimum Gasteiger partial charge on any atom is -0.266 e. The average Bonchev–Trinajstić information content (AvgIpc) is 1.93. The lowest BCUT2D eigenvalue weighted by atomic mass is 9.90. The van der Waals surface area contributed by atoms with Crippen LogP contribution in [0.25, 0.3) is 0 Å². The van der Waals surface area contributed by atoms with Gasteiger partial charge in [-0.3, -0.25) is 4.99 Å². The molecular weight excluding hydrogens is 152 g/mol. The number of rotatable bonds is 2. The van der Waals surface area contributed by atoms with Crippen LogP contribution in [0.1, 0.15) is 12.8 Å². The fourth-order valence-electron chi connectivity index (χ4n) is 1.08. The van der Waals surface area contributed by atoms with E-state index >= 15 is 0 Å². The molecule has 1 heterocycles. The van der Waals surface area contributed by atoms with Crippen LogP contribution in [0.2, 0.25) is 0 Å². The van der Waals surface area contributed by atoms with Crippen molar-refractivity contribution in [3.05, 3.63) is 11.7 Å². The van der Waals surface area contributed by atoms with Crippen LogP contribution >= 0.6 is 7.92 Å². The molecule has 0 atom stereocenters. The monoisotopic (exact) mass is 165 g/mol. The highest BCUT2D eigenvalue weighted by molar-refractivity contribution is 7.57. The molecule has 11 heavy (non-hydrogen) atoms. The van der Waals surface area contributed by atoms with Crippen LogP contribution in [0, 0.1) is 0 Å². The summed E-state index contributed by atoms with van der Waals surface area (Å²) >= 11 is 0. The Morgan fingerprint density at radius 2 is 2.27 bits per heavy atom. The fraction of sp³-hybridized carbons (Fsp3) is 0.625. The highest BCUT2D eigenvalue weighted by Gasteiger charge is 2.05. The van der Waals surface area contributed by atoms with E-state index in [4.69, 9.17) is 7.85 Å². The molecule has 0 bridgehead atoms. The number of hydrogen-bond acceptors (Lipinski definition) is 1. The molecule has 1 aliphatic heterocycles. The van der Waals surface area contributed by atoms with Gasteiger partial charge in [-0.1, -0.05) is 5.47 Å². The van der Waals surface area contributed by atoms with E-state index in [1.165, 1.54) is 11.9 Å². The summed E-state index contributed by atoms with van der Waals surface area (Å²) in [5, 5.41) is 0. The summed E-state index contributed by atoms with van der Waals surface area (Å²) in [6.07, 6.45) is 5.06. The molecule has 0 unspecified atom stereocenters. The molecule has 0 N–H and O–H groups in total. The highest BCUT2D eigenvalue weighted by Crippen LogP contribution is 2.26. The van der Waals surface area contributed by atoms with Crippen LogP contribution < -0.4 is 0 Å².